The van der Waals surface area contributed by atoms with Crippen LogP contribution in [-0.4, -0.2) is 9.97 Å². The van der Waals surface area contributed by atoms with Gasteiger partial charge in [0.1, 0.15) is 16.8 Å². The number of nitrogens with zero attached hydrogens (tertiary/aromatic N) is 2. The number of hydrogen-bond acceptors (Lipinski definition) is 2. The lowest BCUT2D eigenvalue weighted by Gasteiger charge is -2.04. The highest BCUT2D eigenvalue weighted by molar-refractivity contribution is 6.32. The van der Waals surface area contributed by atoms with Gasteiger partial charge in [-0.05, 0) is 13.0 Å². The summed E-state index contributed by atoms with van der Waals surface area (Å²) >= 11 is 5.92. The van der Waals surface area contributed by atoms with Crippen molar-refractivity contribution >= 4 is 11.6 Å². The van der Waals surface area contributed by atoms with Crippen LogP contribution >= 0.6 is 11.6 Å². The third-order valence-electron chi connectivity index (χ3n) is 2.03. The number of halogens is 2. The summed E-state index contributed by atoms with van der Waals surface area (Å²) in [4.78, 5) is 7.97. The SMILES string of the molecule is Cc1ncc(-c2ccccc2F)c(Cl)n1. The largest absolute Gasteiger partial charge is 0.241 e. The first-order chi connectivity index (χ1) is 7.18. The first kappa shape index (κ1) is 10.1. The van der Waals surface area contributed by atoms with Crippen LogP contribution in [0.2, 0.25) is 5.15 Å². The summed E-state index contributed by atoms with van der Waals surface area (Å²) < 4.78 is 13.4. The number of aryl methyl sites for hydroxylation is 1. The molecule has 15 heavy (non-hydrogen) atoms. The molecular weight excluding hydrogens is 215 g/mol. The van der Waals surface area contributed by atoms with Crippen LogP contribution in [0.15, 0.2) is 30.5 Å². The van der Waals surface area contributed by atoms with Gasteiger partial charge in [-0.3, -0.25) is 0 Å². The van der Waals surface area contributed by atoms with Crippen molar-refractivity contribution in [1.29, 1.82) is 0 Å². The molecule has 0 aliphatic carbocycles. The van der Waals surface area contributed by atoms with E-state index in [1.165, 1.54) is 12.3 Å². The third kappa shape index (κ3) is 1.97. The van der Waals surface area contributed by atoms with Crippen LogP contribution in [0.3, 0.4) is 0 Å². The molecule has 0 N–H and O–H groups in total. The fraction of sp³-hybridized carbons (Fsp3) is 0.0909. The fourth-order valence-electron chi connectivity index (χ4n) is 1.30. The summed E-state index contributed by atoms with van der Waals surface area (Å²) in [6.45, 7) is 1.73. The van der Waals surface area contributed by atoms with Crippen LogP contribution in [0.1, 0.15) is 5.82 Å². The molecule has 0 aliphatic heterocycles. The maximum absolute atomic E-state index is 13.4. The van der Waals surface area contributed by atoms with E-state index < -0.39 is 0 Å². The minimum Gasteiger partial charge on any atom is -0.241 e. The lowest BCUT2D eigenvalue weighted by Crippen LogP contribution is -1.92. The minimum absolute atomic E-state index is 0.271. The Morgan fingerprint density at radius 1 is 1.20 bits per heavy atom. The van der Waals surface area contributed by atoms with Crippen molar-refractivity contribution in [2.24, 2.45) is 0 Å². The molecule has 0 saturated heterocycles. The number of rotatable bonds is 1. The molecule has 0 bridgehead atoms. The van der Waals surface area contributed by atoms with E-state index in [2.05, 4.69) is 9.97 Å². The quantitative estimate of drug-likeness (QED) is 0.693. The van der Waals surface area contributed by atoms with E-state index in [9.17, 15) is 4.39 Å². The summed E-state index contributed by atoms with van der Waals surface area (Å²) in [6.07, 6.45) is 1.53. The van der Waals surface area contributed by atoms with Gasteiger partial charge in [0, 0.05) is 17.3 Å². The Bertz CT molecular complexity index is 500. The molecule has 1 aromatic carbocycles. The van der Waals surface area contributed by atoms with E-state index in [-0.39, 0.29) is 11.0 Å². The average Bonchev–Trinajstić information content (AvgIpc) is 2.20. The van der Waals surface area contributed by atoms with Crippen LogP contribution in [0.5, 0.6) is 0 Å². The maximum Gasteiger partial charge on any atom is 0.140 e. The van der Waals surface area contributed by atoms with Crippen molar-refractivity contribution in [1.82, 2.24) is 9.97 Å². The van der Waals surface area contributed by atoms with Gasteiger partial charge in [-0.1, -0.05) is 29.8 Å². The van der Waals surface area contributed by atoms with Gasteiger partial charge in [0.25, 0.3) is 0 Å². The lowest BCUT2D eigenvalue weighted by molar-refractivity contribution is 0.631. The molecular formula is C11H8ClFN2. The highest BCUT2D eigenvalue weighted by Crippen LogP contribution is 2.27. The Labute approximate surface area is 91.8 Å². The van der Waals surface area contributed by atoms with Crippen LogP contribution in [-0.2, 0) is 0 Å². The predicted octanol–water partition coefficient (Wildman–Crippen LogP) is 3.24. The van der Waals surface area contributed by atoms with E-state index in [1.54, 1.807) is 25.1 Å². The van der Waals surface area contributed by atoms with Gasteiger partial charge in [-0.2, -0.15) is 0 Å². The Kier molecular flexibility index (Phi) is 2.64. The standard InChI is InChI=1S/C11H8ClFN2/c1-7-14-6-9(11(12)15-7)8-4-2-3-5-10(8)13/h2-6H,1H3. The molecule has 0 aliphatic rings. The zero-order valence-electron chi connectivity index (χ0n) is 8.04. The Hall–Kier alpha value is -1.48. The van der Waals surface area contributed by atoms with E-state index in [1.807, 2.05) is 0 Å². The third-order valence-corrected chi connectivity index (χ3v) is 2.31. The molecule has 2 aromatic rings. The molecule has 4 heteroatoms. The monoisotopic (exact) mass is 222 g/mol. The Morgan fingerprint density at radius 3 is 2.60 bits per heavy atom. The van der Waals surface area contributed by atoms with Crippen molar-refractivity contribution in [3.05, 3.63) is 47.3 Å². The highest BCUT2D eigenvalue weighted by atomic mass is 35.5. The number of hydrogen-bond donors (Lipinski definition) is 0. The molecule has 0 amide bonds. The van der Waals surface area contributed by atoms with Gasteiger partial charge >= 0.3 is 0 Å². The lowest BCUT2D eigenvalue weighted by atomic mass is 10.1. The summed E-state index contributed by atoms with van der Waals surface area (Å²) in [5, 5.41) is 0.271. The molecule has 76 valence electrons. The minimum atomic E-state index is -0.327. The molecule has 2 nitrogen and oxygen atoms in total. The smallest absolute Gasteiger partial charge is 0.140 e. The van der Waals surface area contributed by atoms with E-state index in [0.29, 0.717) is 17.0 Å². The van der Waals surface area contributed by atoms with Crippen molar-refractivity contribution in [3.8, 4) is 11.1 Å². The van der Waals surface area contributed by atoms with Crippen LogP contribution in [0.25, 0.3) is 11.1 Å². The zero-order valence-corrected chi connectivity index (χ0v) is 8.79. The fourth-order valence-corrected chi connectivity index (χ4v) is 1.58. The predicted molar refractivity (Wildman–Crippen MR) is 57.2 cm³/mol. The zero-order chi connectivity index (χ0) is 10.8. The topological polar surface area (TPSA) is 25.8 Å². The molecule has 0 fully saturated rings. The highest BCUT2D eigenvalue weighted by Gasteiger charge is 2.09. The van der Waals surface area contributed by atoms with Crippen molar-refractivity contribution in [2.45, 2.75) is 6.92 Å². The molecule has 1 aromatic heterocycles. The van der Waals surface area contributed by atoms with Gasteiger partial charge in [0.05, 0.1) is 0 Å². The Morgan fingerprint density at radius 2 is 1.93 bits per heavy atom. The summed E-state index contributed by atoms with van der Waals surface area (Å²) in [7, 11) is 0. The molecule has 2 rings (SSSR count). The second kappa shape index (κ2) is 3.95. The summed E-state index contributed by atoms with van der Waals surface area (Å²) in [6, 6.07) is 6.40. The van der Waals surface area contributed by atoms with Crippen molar-refractivity contribution in [2.75, 3.05) is 0 Å². The summed E-state index contributed by atoms with van der Waals surface area (Å²) in [5.41, 5.74) is 0.933. The van der Waals surface area contributed by atoms with Gasteiger partial charge in [-0.15, -0.1) is 0 Å². The van der Waals surface area contributed by atoms with Gasteiger partial charge in [-0.25, -0.2) is 14.4 Å². The van der Waals surface area contributed by atoms with E-state index in [4.69, 9.17) is 11.6 Å². The van der Waals surface area contributed by atoms with E-state index in [0.717, 1.165) is 0 Å². The molecule has 0 radical (unpaired) electrons. The van der Waals surface area contributed by atoms with E-state index >= 15 is 0 Å². The number of aromatic nitrogens is 2. The number of benzene rings is 1. The van der Waals surface area contributed by atoms with Crippen molar-refractivity contribution in [3.63, 3.8) is 0 Å². The first-order valence-electron chi connectivity index (χ1n) is 4.42. The van der Waals surface area contributed by atoms with Crippen LogP contribution in [0, 0.1) is 12.7 Å². The molecule has 0 spiro atoms. The van der Waals surface area contributed by atoms with Crippen molar-refractivity contribution < 1.29 is 4.39 Å². The Balaban J connectivity index is 2.60. The first-order valence-corrected chi connectivity index (χ1v) is 4.80. The van der Waals surface area contributed by atoms with Gasteiger partial charge in [0.2, 0.25) is 0 Å². The van der Waals surface area contributed by atoms with Crippen LogP contribution < -0.4 is 0 Å². The second-order valence-electron chi connectivity index (χ2n) is 3.10. The summed E-state index contributed by atoms with van der Waals surface area (Å²) in [5.74, 6) is 0.243. The molecule has 0 saturated carbocycles. The average molecular weight is 223 g/mol. The maximum atomic E-state index is 13.4. The van der Waals surface area contributed by atoms with Gasteiger partial charge < -0.3 is 0 Å². The normalized spacial score (nSPS) is 10.3. The van der Waals surface area contributed by atoms with Gasteiger partial charge in [0.15, 0.2) is 0 Å². The van der Waals surface area contributed by atoms with Crippen LogP contribution in [0.4, 0.5) is 4.39 Å². The molecule has 0 unspecified atom stereocenters. The second-order valence-corrected chi connectivity index (χ2v) is 3.46. The molecule has 0 atom stereocenters. The molecule has 1 heterocycles.